The van der Waals surface area contributed by atoms with Gasteiger partial charge < -0.3 is 14.9 Å². The van der Waals surface area contributed by atoms with E-state index in [1.807, 2.05) is 4.90 Å². The lowest BCUT2D eigenvalue weighted by atomic mass is 10.1. The minimum atomic E-state index is -0.213. The Morgan fingerprint density at radius 2 is 1.67 bits per heavy atom. The fourth-order valence-electron chi connectivity index (χ4n) is 3.60. The first-order chi connectivity index (χ1) is 11.7. The lowest BCUT2D eigenvalue weighted by Crippen LogP contribution is -2.46. The molecule has 0 spiro atoms. The molecule has 1 amide bonds. The van der Waals surface area contributed by atoms with Gasteiger partial charge in [-0.1, -0.05) is 18.2 Å². The summed E-state index contributed by atoms with van der Waals surface area (Å²) in [4.78, 5) is 19.0. The number of benzene rings is 1. The van der Waals surface area contributed by atoms with Crippen LogP contribution in [0.1, 0.15) is 25.7 Å². The van der Waals surface area contributed by atoms with Gasteiger partial charge in [0.15, 0.2) is 0 Å². The van der Waals surface area contributed by atoms with Gasteiger partial charge in [0.25, 0.3) is 0 Å². The number of amides is 1. The van der Waals surface area contributed by atoms with Crippen LogP contribution in [-0.2, 0) is 4.79 Å². The summed E-state index contributed by atoms with van der Waals surface area (Å²) in [6.07, 6.45) is 2.81. The van der Waals surface area contributed by atoms with Crippen LogP contribution in [0.5, 0.6) is 0 Å². The largest absolute Gasteiger partial charge is 0.393 e. The summed E-state index contributed by atoms with van der Waals surface area (Å²) in [5.74, 6) is 0.254. The standard InChI is InChI=1S/C19H29N3O2/c23-18-8-11-22(12-9-18)19(24)7-4-10-20-13-15-21(16-14-20)17-5-2-1-3-6-17/h1-3,5-6,18,23H,4,7-16H2. The van der Waals surface area contributed by atoms with Crippen LogP contribution in [0.3, 0.4) is 0 Å². The van der Waals surface area contributed by atoms with Crippen molar-refractivity contribution in [2.24, 2.45) is 0 Å². The van der Waals surface area contributed by atoms with Gasteiger partial charge in [0, 0.05) is 51.4 Å². The van der Waals surface area contributed by atoms with Crippen LogP contribution in [0, 0.1) is 0 Å². The topological polar surface area (TPSA) is 47.0 Å². The first-order valence-electron chi connectivity index (χ1n) is 9.20. The second-order valence-electron chi connectivity index (χ2n) is 6.88. The van der Waals surface area contributed by atoms with Crippen LogP contribution in [-0.4, -0.2) is 72.7 Å². The summed E-state index contributed by atoms with van der Waals surface area (Å²) < 4.78 is 0. The van der Waals surface area contributed by atoms with Crippen LogP contribution >= 0.6 is 0 Å². The number of aliphatic hydroxyl groups is 1. The Morgan fingerprint density at radius 3 is 2.33 bits per heavy atom. The molecule has 0 radical (unpaired) electrons. The van der Waals surface area contributed by atoms with Gasteiger partial charge >= 0.3 is 0 Å². The highest BCUT2D eigenvalue weighted by molar-refractivity contribution is 5.76. The normalized spacial score (nSPS) is 20.4. The molecule has 0 saturated carbocycles. The second-order valence-corrected chi connectivity index (χ2v) is 6.88. The number of aliphatic hydroxyl groups excluding tert-OH is 1. The number of rotatable bonds is 5. The third kappa shape index (κ3) is 4.71. The van der Waals surface area contributed by atoms with Crippen LogP contribution in [0.2, 0.25) is 0 Å². The molecule has 1 aromatic rings. The fraction of sp³-hybridized carbons (Fsp3) is 0.632. The van der Waals surface area contributed by atoms with E-state index < -0.39 is 0 Å². The van der Waals surface area contributed by atoms with E-state index in [1.165, 1.54) is 5.69 Å². The minimum absolute atomic E-state index is 0.213. The van der Waals surface area contributed by atoms with Gasteiger partial charge in [0.2, 0.25) is 5.91 Å². The van der Waals surface area contributed by atoms with E-state index in [0.29, 0.717) is 6.42 Å². The SMILES string of the molecule is O=C(CCCN1CCN(c2ccccc2)CC1)N1CCC(O)CC1. The number of para-hydroxylation sites is 1. The fourth-order valence-corrected chi connectivity index (χ4v) is 3.60. The smallest absolute Gasteiger partial charge is 0.222 e. The average molecular weight is 331 g/mol. The zero-order chi connectivity index (χ0) is 16.8. The number of hydrogen-bond acceptors (Lipinski definition) is 4. The molecule has 24 heavy (non-hydrogen) atoms. The molecule has 2 heterocycles. The van der Waals surface area contributed by atoms with E-state index in [-0.39, 0.29) is 12.0 Å². The Labute approximate surface area is 144 Å². The summed E-state index contributed by atoms with van der Waals surface area (Å²) in [5, 5.41) is 9.51. The van der Waals surface area contributed by atoms with E-state index >= 15 is 0 Å². The second kappa shape index (κ2) is 8.49. The van der Waals surface area contributed by atoms with Crippen molar-refractivity contribution in [2.75, 3.05) is 50.7 Å². The van der Waals surface area contributed by atoms with E-state index in [0.717, 1.165) is 65.1 Å². The number of likely N-dealkylation sites (tertiary alicyclic amines) is 1. The summed E-state index contributed by atoms with van der Waals surface area (Å²) >= 11 is 0. The molecule has 3 rings (SSSR count). The Kier molecular flexibility index (Phi) is 6.10. The number of carbonyl (C=O) groups is 1. The van der Waals surface area contributed by atoms with E-state index in [1.54, 1.807) is 0 Å². The first kappa shape index (κ1) is 17.2. The van der Waals surface area contributed by atoms with Crippen LogP contribution in [0.25, 0.3) is 0 Å². The quantitative estimate of drug-likeness (QED) is 0.890. The van der Waals surface area contributed by atoms with Crippen molar-refractivity contribution in [3.05, 3.63) is 30.3 Å². The molecule has 2 fully saturated rings. The first-order valence-corrected chi connectivity index (χ1v) is 9.20. The van der Waals surface area contributed by atoms with Crippen molar-refractivity contribution >= 4 is 11.6 Å². The zero-order valence-corrected chi connectivity index (χ0v) is 14.4. The van der Waals surface area contributed by atoms with Gasteiger partial charge in [-0.15, -0.1) is 0 Å². The van der Waals surface area contributed by atoms with Crippen molar-refractivity contribution in [1.82, 2.24) is 9.80 Å². The maximum absolute atomic E-state index is 12.2. The predicted octanol–water partition coefficient (Wildman–Crippen LogP) is 1.57. The zero-order valence-electron chi connectivity index (χ0n) is 14.4. The number of piperidine rings is 1. The molecule has 2 aliphatic rings. The Balaban J connectivity index is 1.33. The van der Waals surface area contributed by atoms with Gasteiger partial charge in [-0.05, 0) is 37.9 Å². The molecule has 2 saturated heterocycles. The summed E-state index contributed by atoms with van der Waals surface area (Å²) in [7, 11) is 0. The number of nitrogens with zero attached hydrogens (tertiary/aromatic N) is 3. The molecular weight excluding hydrogens is 302 g/mol. The van der Waals surface area contributed by atoms with Crippen molar-refractivity contribution in [3.63, 3.8) is 0 Å². The van der Waals surface area contributed by atoms with E-state index in [4.69, 9.17) is 0 Å². The van der Waals surface area contributed by atoms with Gasteiger partial charge in [-0.2, -0.15) is 0 Å². The molecule has 0 unspecified atom stereocenters. The number of anilines is 1. The monoisotopic (exact) mass is 331 g/mol. The van der Waals surface area contributed by atoms with Crippen molar-refractivity contribution in [3.8, 4) is 0 Å². The van der Waals surface area contributed by atoms with Crippen molar-refractivity contribution in [2.45, 2.75) is 31.8 Å². The molecule has 0 bridgehead atoms. The molecule has 5 heteroatoms. The number of piperazine rings is 1. The van der Waals surface area contributed by atoms with Gasteiger partial charge in [0.05, 0.1) is 6.10 Å². The highest BCUT2D eigenvalue weighted by Crippen LogP contribution is 2.16. The lowest BCUT2D eigenvalue weighted by Gasteiger charge is -2.36. The van der Waals surface area contributed by atoms with E-state index in [9.17, 15) is 9.90 Å². The Bertz CT molecular complexity index is 507. The third-order valence-corrected chi connectivity index (χ3v) is 5.18. The number of carbonyl (C=O) groups excluding carboxylic acids is 1. The summed E-state index contributed by atoms with van der Waals surface area (Å²) in [6.45, 7) is 6.69. The maximum atomic E-state index is 12.2. The predicted molar refractivity (Wildman–Crippen MR) is 96.1 cm³/mol. The molecule has 0 aliphatic carbocycles. The summed E-state index contributed by atoms with van der Waals surface area (Å²) in [5.41, 5.74) is 1.31. The Morgan fingerprint density at radius 1 is 1.00 bits per heavy atom. The lowest BCUT2D eigenvalue weighted by molar-refractivity contribution is -0.133. The summed E-state index contributed by atoms with van der Waals surface area (Å²) in [6, 6.07) is 10.6. The van der Waals surface area contributed by atoms with Crippen LogP contribution in [0.15, 0.2) is 30.3 Å². The highest BCUT2D eigenvalue weighted by atomic mass is 16.3. The average Bonchev–Trinajstić information content (AvgIpc) is 2.63. The molecule has 0 aromatic heterocycles. The third-order valence-electron chi connectivity index (χ3n) is 5.18. The minimum Gasteiger partial charge on any atom is -0.393 e. The van der Waals surface area contributed by atoms with Crippen molar-refractivity contribution in [1.29, 1.82) is 0 Å². The molecule has 5 nitrogen and oxygen atoms in total. The Hall–Kier alpha value is -1.59. The van der Waals surface area contributed by atoms with Gasteiger partial charge in [0.1, 0.15) is 0 Å². The van der Waals surface area contributed by atoms with Crippen LogP contribution < -0.4 is 4.90 Å². The maximum Gasteiger partial charge on any atom is 0.222 e. The molecular formula is C19H29N3O2. The molecule has 132 valence electrons. The van der Waals surface area contributed by atoms with Crippen LogP contribution in [0.4, 0.5) is 5.69 Å². The molecule has 2 aliphatic heterocycles. The molecule has 1 aromatic carbocycles. The van der Waals surface area contributed by atoms with E-state index in [2.05, 4.69) is 40.1 Å². The molecule has 1 N–H and O–H groups in total. The highest BCUT2D eigenvalue weighted by Gasteiger charge is 2.21. The van der Waals surface area contributed by atoms with Crippen molar-refractivity contribution < 1.29 is 9.90 Å². The number of hydrogen-bond donors (Lipinski definition) is 1. The van der Waals surface area contributed by atoms with Gasteiger partial charge in [-0.25, -0.2) is 0 Å². The molecule has 0 atom stereocenters. The van der Waals surface area contributed by atoms with Gasteiger partial charge in [-0.3, -0.25) is 9.69 Å².